The van der Waals surface area contributed by atoms with E-state index < -0.39 is 10.0 Å². The molecule has 0 saturated carbocycles. The van der Waals surface area contributed by atoms with E-state index in [0.29, 0.717) is 11.4 Å². The zero-order chi connectivity index (χ0) is 11.6. The molecule has 1 aliphatic heterocycles. The molecule has 0 bridgehead atoms. The minimum Gasteiger partial charge on any atom is -0.207 e. The fourth-order valence-corrected chi connectivity index (χ4v) is 3.72. The highest BCUT2D eigenvalue weighted by Gasteiger charge is 2.33. The van der Waals surface area contributed by atoms with Crippen LogP contribution >= 0.6 is 0 Å². The topological polar surface area (TPSA) is 37.4 Å². The Morgan fingerprint density at radius 3 is 2.62 bits per heavy atom. The van der Waals surface area contributed by atoms with Gasteiger partial charge < -0.3 is 0 Å². The number of nitrogens with zero attached hydrogens (tertiary/aromatic N) is 1. The average molecular weight is 237 g/mol. The SMILES string of the molecule is C=CC1CCCN1S(=O)(=O)c1ccccc1. The van der Waals surface area contributed by atoms with Gasteiger partial charge in [-0.15, -0.1) is 6.58 Å². The van der Waals surface area contributed by atoms with Gasteiger partial charge >= 0.3 is 0 Å². The quantitative estimate of drug-likeness (QED) is 0.754. The number of hydrogen-bond donors (Lipinski definition) is 0. The molecule has 0 radical (unpaired) electrons. The second-order valence-corrected chi connectivity index (χ2v) is 5.76. The number of hydrogen-bond acceptors (Lipinski definition) is 2. The van der Waals surface area contributed by atoms with Crippen molar-refractivity contribution in [1.29, 1.82) is 0 Å². The van der Waals surface area contributed by atoms with E-state index in [1.165, 1.54) is 4.31 Å². The summed E-state index contributed by atoms with van der Waals surface area (Å²) in [5.74, 6) is 0. The monoisotopic (exact) mass is 237 g/mol. The van der Waals surface area contributed by atoms with Crippen LogP contribution in [0.15, 0.2) is 47.9 Å². The van der Waals surface area contributed by atoms with Crippen LogP contribution in [0.2, 0.25) is 0 Å². The van der Waals surface area contributed by atoms with E-state index in [9.17, 15) is 8.42 Å². The molecular weight excluding hydrogens is 222 g/mol. The third-order valence-electron chi connectivity index (χ3n) is 2.87. The lowest BCUT2D eigenvalue weighted by atomic mass is 10.2. The van der Waals surface area contributed by atoms with Crippen LogP contribution in [0, 0.1) is 0 Å². The van der Waals surface area contributed by atoms with Gasteiger partial charge in [0.15, 0.2) is 0 Å². The Hall–Kier alpha value is -1.13. The van der Waals surface area contributed by atoms with Crippen molar-refractivity contribution in [2.75, 3.05) is 6.54 Å². The Labute approximate surface area is 96.4 Å². The summed E-state index contributed by atoms with van der Waals surface area (Å²) in [7, 11) is -3.34. The lowest BCUT2D eigenvalue weighted by Gasteiger charge is -2.21. The molecule has 1 aliphatic rings. The molecule has 4 heteroatoms. The summed E-state index contributed by atoms with van der Waals surface area (Å²) in [6.07, 6.45) is 3.49. The first kappa shape index (κ1) is 11.4. The van der Waals surface area contributed by atoms with E-state index in [4.69, 9.17) is 0 Å². The molecule has 1 atom stereocenters. The Balaban J connectivity index is 2.36. The van der Waals surface area contributed by atoms with E-state index >= 15 is 0 Å². The first-order chi connectivity index (χ1) is 7.66. The third-order valence-corrected chi connectivity index (χ3v) is 4.81. The van der Waals surface area contributed by atoms with Crippen molar-refractivity contribution in [1.82, 2.24) is 4.31 Å². The molecule has 1 aromatic carbocycles. The number of benzene rings is 1. The lowest BCUT2D eigenvalue weighted by Crippen LogP contribution is -2.34. The van der Waals surface area contributed by atoms with Gasteiger partial charge in [-0.2, -0.15) is 4.31 Å². The maximum absolute atomic E-state index is 12.3. The van der Waals surface area contributed by atoms with Gasteiger partial charge in [0.05, 0.1) is 4.90 Å². The molecule has 1 aromatic rings. The molecule has 0 spiro atoms. The van der Waals surface area contributed by atoms with Crippen LogP contribution in [0.3, 0.4) is 0 Å². The summed E-state index contributed by atoms with van der Waals surface area (Å²) in [6.45, 7) is 4.29. The Morgan fingerprint density at radius 2 is 2.00 bits per heavy atom. The van der Waals surface area contributed by atoms with E-state index in [0.717, 1.165) is 12.8 Å². The van der Waals surface area contributed by atoms with Crippen molar-refractivity contribution in [2.45, 2.75) is 23.8 Å². The van der Waals surface area contributed by atoms with Crippen molar-refractivity contribution in [3.63, 3.8) is 0 Å². The third kappa shape index (κ3) is 1.90. The van der Waals surface area contributed by atoms with Gasteiger partial charge in [-0.1, -0.05) is 24.3 Å². The van der Waals surface area contributed by atoms with Gasteiger partial charge in [-0.05, 0) is 25.0 Å². The van der Waals surface area contributed by atoms with Crippen molar-refractivity contribution in [2.24, 2.45) is 0 Å². The smallest absolute Gasteiger partial charge is 0.207 e. The largest absolute Gasteiger partial charge is 0.243 e. The summed E-state index contributed by atoms with van der Waals surface area (Å²) < 4.78 is 26.1. The van der Waals surface area contributed by atoms with Crippen LogP contribution < -0.4 is 0 Å². The van der Waals surface area contributed by atoms with Crippen molar-refractivity contribution in [3.05, 3.63) is 43.0 Å². The first-order valence-corrected chi connectivity index (χ1v) is 6.80. The predicted molar refractivity (Wildman–Crippen MR) is 63.6 cm³/mol. The highest BCUT2D eigenvalue weighted by atomic mass is 32.2. The van der Waals surface area contributed by atoms with E-state index in [2.05, 4.69) is 6.58 Å². The molecule has 1 fully saturated rings. The summed E-state index contributed by atoms with van der Waals surface area (Å²) in [5, 5.41) is 0. The van der Waals surface area contributed by atoms with Crippen molar-refractivity contribution in [3.8, 4) is 0 Å². The standard InChI is InChI=1S/C12H15NO2S/c1-2-11-7-6-10-13(11)16(14,15)12-8-4-3-5-9-12/h2-5,8-9,11H,1,6-7,10H2. The Kier molecular flexibility index (Phi) is 3.12. The van der Waals surface area contributed by atoms with Crippen molar-refractivity contribution >= 4 is 10.0 Å². The minimum absolute atomic E-state index is 0.0507. The molecule has 1 heterocycles. The molecule has 0 amide bonds. The molecule has 3 nitrogen and oxygen atoms in total. The van der Waals surface area contributed by atoms with Gasteiger partial charge in [0.2, 0.25) is 10.0 Å². The molecule has 0 N–H and O–H groups in total. The maximum atomic E-state index is 12.3. The van der Waals surface area contributed by atoms with Crippen LogP contribution in [0.4, 0.5) is 0 Å². The van der Waals surface area contributed by atoms with E-state index in [1.807, 2.05) is 6.07 Å². The summed E-state index contributed by atoms with van der Waals surface area (Å²) in [6, 6.07) is 8.51. The molecular formula is C12H15NO2S. The van der Waals surface area contributed by atoms with Gasteiger partial charge in [0, 0.05) is 12.6 Å². The molecule has 2 rings (SSSR count). The minimum atomic E-state index is -3.34. The first-order valence-electron chi connectivity index (χ1n) is 5.35. The van der Waals surface area contributed by atoms with Gasteiger partial charge in [-0.3, -0.25) is 0 Å². The summed E-state index contributed by atoms with van der Waals surface area (Å²) in [5.41, 5.74) is 0. The van der Waals surface area contributed by atoms with Crippen LogP contribution in [-0.2, 0) is 10.0 Å². The summed E-state index contributed by atoms with van der Waals surface area (Å²) >= 11 is 0. The zero-order valence-electron chi connectivity index (χ0n) is 9.04. The maximum Gasteiger partial charge on any atom is 0.243 e. The van der Waals surface area contributed by atoms with Crippen LogP contribution in [-0.4, -0.2) is 25.3 Å². The molecule has 86 valence electrons. The van der Waals surface area contributed by atoms with Crippen LogP contribution in [0.1, 0.15) is 12.8 Å². The van der Waals surface area contributed by atoms with Gasteiger partial charge in [-0.25, -0.2) is 8.42 Å². The fraction of sp³-hybridized carbons (Fsp3) is 0.333. The van der Waals surface area contributed by atoms with E-state index in [1.54, 1.807) is 30.3 Å². The zero-order valence-corrected chi connectivity index (χ0v) is 9.86. The fourth-order valence-electron chi connectivity index (χ4n) is 2.03. The van der Waals surface area contributed by atoms with Crippen LogP contribution in [0.5, 0.6) is 0 Å². The Morgan fingerprint density at radius 1 is 1.31 bits per heavy atom. The predicted octanol–water partition coefficient (Wildman–Crippen LogP) is 2.03. The van der Waals surface area contributed by atoms with Crippen LogP contribution in [0.25, 0.3) is 0 Å². The highest BCUT2D eigenvalue weighted by Crippen LogP contribution is 2.26. The second kappa shape index (κ2) is 4.39. The lowest BCUT2D eigenvalue weighted by molar-refractivity contribution is 0.433. The molecule has 0 aliphatic carbocycles. The van der Waals surface area contributed by atoms with Gasteiger partial charge in [0.1, 0.15) is 0 Å². The molecule has 1 saturated heterocycles. The normalized spacial score (nSPS) is 22.1. The van der Waals surface area contributed by atoms with Crippen molar-refractivity contribution < 1.29 is 8.42 Å². The number of sulfonamides is 1. The highest BCUT2D eigenvalue weighted by molar-refractivity contribution is 7.89. The number of rotatable bonds is 3. The van der Waals surface area contributed by atoms with Gasteiger partial charge in [0.25, 0.3) is 0 Å². The van der Waals surface area contributed by atoms with E-state index in [-0.39, 0.29) is 6.04 Å². The average Bonchev–Trinajstić information content (AvgIpc) is 2.79. The Bertz CT molecular complexity index is 467. The summed E-state index contributed by atoms with van der Waals surface area (Å²) in [4.78, 5) is 0.365. The molecule has 0 aromatic heterocycles. The second-order valence-electron chi connectivity index (χ2n) is 3.87. The molecule has 1 unspecified atom stereocenters. The molecule has 16 heavy (non-hydrogen) atoms.